The second-order valence-electron chi connectivity index (χ2n) is 2.08. The summed E-state index contributed by atoms with van der Waals surface area (Å²) in [7, 11) is 0. The van der Waals surface area contributed by atoms with E-state index in [9.17, 15) is 0 Å². The third kappa shape index (κ3) is 13.1. The van der Waals surface area contributed by atoms with Crippen LogP contribution in [0.3, 0.4) is 0 Å². The molecular weight excluding hydrogens is 494 g/mol. The van der Waals surface area contributed by atoms with Crippen molar-refractivity contribution >= 4 is 78.5 Å². The van der Waals surface area contributed by atoms with E-state index in [1.54, 1.807) is 0 Å². The van der Waals surface area contributed by atoms with Crippen molar-refractivity contribution in [1.29, 1.82) is 0 Å². The SMILES string of the molecule is Cl[Si](Cl)(Cl)[CH2][Hg][CH2][Si](Cl)(Cl)Cl. The fourth-order valence-electron chi connectivity index (χ4n) is 0.489. The predicted octanol–water partition coefficient (Wildman–Crippen LogP) is 4.29. The van der Waals surface area contributed by atoms with Gasteiger partial charge in [0.15, 0.2) is 0 Å². The van der Waals surface area contributed by atoms with Gasteiger partial charge in [-0.15, -0.1) is 0 Å². The summed E-state index contributed by atoms with van der Waals surface area (Å²) in [6.07, 6.45) is 0. The first-order valence-corrected chi connectivity index (χ1v) is 21.1. The molecule has 9 heteroatoms. The first-order valence-electron chi connectivity index (χ1n) is 2.84. The van der Waals surface area contributed by atoms with Crippen LogP contribution in [0.25, 0.3) is 0 Å². The maximum atomic E-state index is 5.67. The van der Waals surface area contributed by atoms with Crippen molar-refractivity contribution in [2.24, 2.45) is 0 Å². The fraction of sp³-hybridized carbons (Fsp3) is 1.00. The number of hydrogen-bond acceptors (Lipinski definition) is 0. The molecule has 64 valence electrons. The van der Waals surface area contributed by atoms with Gasteiger partial charge >= 0.3 is 110 Å². The van der Waals surface area contributed by atoms with Crippen molar-refractivity contribution in [2.45, 2.75) is 7.11 Å². The quantitative estimate of drug-likeness (QED) is 0.402. The van der Waals surface area contributed by atoms with Crippen LogP contribution in [0, 0.1) is 0 Å². The van der Waals surface area contributed by atoms with E-state index in [0.717, 1.165) is 7.11 Å². The van der Waals surface area contributed by atoms with Gasteiger partial charge in [-0.05, 0) is 0 Å². The second-order valence-corrected chi connectivity index (χ2v) is 35.1. The molecule has 0 heterocycles. The topological polar surface area (TPSA) is 0 Å². The Labute approximate surface area is 108 Å². The first kappa shape index (κ1) is 14.1. The minimum atomic E-state index is -2.40. The van der Waals surface area contributed by atoms with Crippen LogP contribution in [-0.2, 0) is 24.6 Å². The molecule has 0 fully saturated rings. The maximum absolute atomic E-state index is 5.67. The van der Waals surface area contributed by atoms with Crippen molar-refractivity contribution in [3.63, 3.8) is 0 Å². The van der Waals surface area contributed by atoms with E-state index in [2.05, 4.69) is 0 Å². The molecule has 0 saturated carbocycles. The predicted molar refractivity (Wildman–Crippen MR) is 56.2 cm³/mol. The summed E-state index contributed by atoms with van der Waals surface area (Å²) in [4.78, 5) is 0. The number of rotatable bonds is 4. The van der Waals surface area contributed by atoms with E-state index < -0.39 is 36.6 Å². The van der Waals surface area contributed by atoms with Crippen LogP contribution in [0.1, 0.15) is 0 Å². The standard InChI is InChI=1S/2CH2Cl3Si.Hg/c2*1-5(2,3)4;/h2*1H2;. The molecule has 0 spiro atoms. The summed E-state index contributed by atoms with van der Waals surface area (Å²) in [5.74, 6) is 0. The molecule has 0 aliphatic heterocycles. The van der Waals surface area contributed by atoms with Crippen molar-refractivity contribution in [3.05, 3.63) is 0 Å². The van der Waals surface area contributed by atoms with Gasteiger partial charge < -0.3 is 0 Å². The number of hydrogen-bond donors (Lipinski definition) is 0. The van der Waals surface area contributed by atoms with Gasteiger partial charge in [0.05, 0.1) is 0 Å². The first-order chi connectivity index (χ1) is 4.71. The van der Waals surface area contributed by atoms with Gasteiger partial charge in [-0.2, -0.15) is 0 Å². The Kier molecular flexibility index (Phi) is 7.52. The Bertz CT molecular complexity index is 103. The summed E-state index contributed by atoms with van der Waals surface area (Å²) >= 11 is 32.9. The fourth-order valence-corrected chi connectivity index (χ4v) is 38.6. The third-order valence-corrected chi connectivity index (χ3v) is 54.1. The van der Waals surface area contributed by atoms with Gasteiger partial charge in [0, 0.05) is 0 Å². The van der Waals surface area contributed by atoms with Gasteiger partial charge in [-0.3, -0.25) is 0 Å². The van der Waals surface area contributed by atoms with Crippen LogP contribution in [0.15, 0.2) is 0 Å². The molecular formula is C2H4Cl6HgSi2. The minimum absolute atomic E-state index is 0.790. The molecule has 0 bridgehead atoms. The van der Waals surface area contributed by atoms with Gasteiger partial charge in [0.1, 0.15) is 0 Å². The molecule has 0 aromatic rings. The molecule has 0 aromatic carbocycles. The molecule has 11 heavy (non-hydrogen) atoms. The molecule has 0 saturated heterocycles. The van der Waals surface area contributed by atoms with Crippen LogP contribution >= 0.6 is 66.5 Å². The van der Waals surface area contributed by atoms with Gasteiger partial charge in [0.25, 0.3) is 0 Å². The van der Waals surface area contributed by atoms with E-state index in [1.165, 1.54) is 0 Å². The summed E-state index contributed by atoms with van der Waals surface area (Å²) in [5, 5.41) is 0. The molecule has 0 aromatic heterocycles. The van der Waals surface area contributed by atoms with Crippen molar-refractivity contribution in [2.75, 3.05) is 0 Å². The van der Waals surface area contributed by atoms with E-state index in [-0.39, 0.29) is 0 Å². The van der Waals surface area contributed by atoms with Crippen LogP contribution < -0.4 is 0 Å². The molecule has 0 aliphatic rings. The Balaban J connectivity index is 3.44. The third-order valence-electron chi connectivity index (χ3n) is 0.921. The Hall–Kier alpha value is 3.11. The van der Waals surface area contributed by atoms with E-state index in [4.69, 9.17) is 66.5 Å². The normalized spacial score (nSPS) is 12.9. The van der Waals surface area contributed by atoms with Gasteiger partial charge in [0.2, 0.25) is 0 Å². The zero-order chi connectivity index (χ0) is 9.12. The Morgan fingerprint density at radius 2 is 1.00 bits per heavy atom. The van der Waals surface area contributed by atoms with Crippen LogP contribution in [0.4, 0.5) is 0 Å². The average molecular weight is 498 g/mol. The molecule has 0 rings (SSSR count). The molecule has 0 N–H and O–H groups in total. The van der Waals surface area contributed by atoms with E-state index >= 15 is 0 Å². The molecule has 0 amide bonds. The molecule has 0 atom stereocenters. The van der Waals surface area contributed by atoms with Crippen molar-refractivity contribution in [3.8, 4) is 0 Å². The summed E-state index contributed by atoms with van der Waals surface area (Å²) < 4.78 is 1.58. The second kappa shape index (κ2) is 5.86. The summed E-state index contributed by atoms with van der Waals surface area (Å²) in [5.41, 5.74) is 0. The molecule has 0 radical (unpaired) electrons. The van der Waals surface area contributed by atoms with Crippen molar-refractivity contribution in [1.82, 2.24) is 0 Å². The van der Waals surface area contributed by atoms with E-state index in [1.807, 2.05) is 0 Å². The summed E-state index contributed by atoms with van der Waals surface area (Å²) in [6.45, 7) is 0. The molecule has 0 aliphatic carbocycles. The van der Waals surface area contributed by atoms with Gasteiger partial charge in [-0.1, -0.05) is 0 Å². The number of halogens is 6. The van der Waals surface area contributed by atoms with Crippen LogP contribution in [0.5, 0.6) is 0 Å². The van der Waals surface area contributed by atoms with Gasteiger partial charge in [-0.25, -0.2) is 0 Å². The van der Waals surface area contributed by atoms with Crippen LogP contribution in [-0.4, -0.2) is 12.0 Å². The monoisotopic (exact) mass is 496 g/mol. The zero-order valence-corrected chi connectivity index (χ0v) is 17.4. The van der Waals surface area contributed by atoms with Crippen molar-refractivity contribution < 1.29 is 24.6 Å². The average Bonchev–Trinajstić information content (AvgIpc) is 1.55. The summed E-state index contributed by atoms with van der Waals surface area (Å²) in [6, 6.07) is -4.79. The van der Waals surface area contributed by atoms with Crippen LogP contribution in [0.2, 0.25) is 7.11 Å². The zero-order valence-electron chi connectivity index (χ0n) is 5.39. The molecule has 0 nitrogen and oxygen atoms in total. The Morgan fingerprint density at radius 3 is 1.18 bits per heavy atom. The van der Waals surface area contributed by atoms with E-state index in [0.29, 0.717) is 0 Å². The Morgan fingerprint density at radius 1 is 0.727 bits per heavy atom. The molecule has 0 unspecified atom stereocenters.